The van der Waals surface area contributed by atoms with E-state index in [1.165, 1.54) is 30.0 Å². The lowest BCUT2D eigenvalue weighted by Gasteiger charge is -2.11. The molecule has 3 rings (SSSR count). The minimum atomic E-state index is -3.82. The monoisotopic (exact) mass is 359 g/mol. The number of nitrogens with one attached hydrogen (secondary N) is 2. The molecular formula is C16H13N3O3S2. The van der Waals surface area contributed by atoms with Crippen molar-refractivity contribution in [2.75, 3.05) is 15.8 Å². The van der Waals surface area contributed by atoms with Gasteiger partial charge in [-0.05, 0) is 36.4 Å². The molecule has 0 saturated heterocycles. The second-order valence-electron chi connectivity index (χ2n) is 5.10. The van der Waals surface area contributed by atoms with Gasteiger partial charge in [0.2, 0.25) is 5.91 Å². The topological polar surface area (TPSA) is 99.1 Å². The van der Waals surface area contributed by atoms with Crippen LogP contribution in [-0.4, -0.2) is 20.1 Å². The van der Waals surface area contributed by atoms with Crippen molar-refractivity contribution in [3.8, 4) is 6.07 Å². The second kappa shape index (κ2) is 6.55. The third-order valence-corrected chi connectivity index (χ3v) is 5.82. The number of nitrogens with zero attached hydrogens (tertiary/aromatic N) is 1. The highest BCUT2D eigenvalue weighted by Gasteiger charge is 2.19. The number of amides is 1. The third-order valence-electron chi connectivity index (χ3n) is 3.37. The predicted molar refractivity (Wildman–Crippen MR) is 92.4 cm³/mol. The molecular weight excluding hydrogens is 346 g/mol. The second-order valence-corrected chi connectivity index (χ2v) is 7.92. The average Bonchev–Trinajstić information content (AvgIpc) is 2.74. The van der Waals surface area contributed by atoms with Crippen LogP contribution in [0.1, 0.15) is 12.0 Å². The molecule has 0 atom stereocenters. The first kappa shape index (κ1) is 16.4. The Labute approximate surface area is 143 Å². The first-order valence-electron chi connectivity index (χ1n) is 7.08. The van der Waals surface area contributed by atoms with Gasteiger partial charge in [0.15, 0.2) is 0 Å². The van der Waals surface area contributed by atoms with Crippen LogP contribution < -0.4 is 10.0 Å². The number of benzene rings is 2. The lowest BCUT2D eigenvalue weighted by molar-refractivity contribution is -0.115. The number of sulfonamides is 1. The van der Waals surface area contributed by atoms with Crippen LogP contribution in [0.4, 0.5) is 11.4 Å². The summed E-state index contributed by atoms with van der Waals surface area (Å²) in [6, 6.07) is 12.8. The Hall–Kier alpha value is -2.50. The van der Waals surface area contributed by atoms with Crippen LogP contribution in [-0.2, 0) is 14.8 Å². The number of carbonyl (C=O) groups excluding carboxylic acids is 1. The van der Waals surface area contributed by atoms with Crippen LogP contribution in [0.3, 0.4) is 0 Å². The minimum Gasteiger partial charge on any atom is -0.325 e. The summed E-state index contributed by atoms with van der Waals surface area (Å²) in [7, 11) is -3.82. The summed E-state index contributed by atoms with van der Waals surface area (Å²) in [4.78, 5) is 12.5. The van der Waals surface area contributed by atoms with Crippen molar-refractivity contribution in [1.82, 2.24) is 0 Å². The Kier molecular flexibility index (Phi) is 4.46. The van der Waals surface area contributed by atoms with Crippen molar-refractivity contribution in [1.29, 1.82) is 5.26 Å². The number of rotatable bonds is 3. The predicted octanol–water partition coefficient (Wildman–Crippen LogP) is 2.79. The molecule has 2 N–H and O–H groups in total. The van der Waals surface area contributed by atoms with Gasteiger partial charge < -0.3 is 5.32 Å². The summed E-state index contributed by atoms with van der Waals surface area (Å²) in [5, 5.41) is 11.6. The molecule has 2 aromatic carbocycles. The van der Waals surface area contributed by atoms with Crippen molar-refractivity contribution in [3.63, 3.8) is 0 Å². The summed E-state index contributed by atoms with van der Waals surface area (Å²) >= 11 is 1.51. The van der Waals surface area contributed by atoms with Crippen molar-refractivity contribution >= 4 is 39.1 Å². The zero-order chi connectivity index (χ0) is 17.2. The van der Waals surface area contributed by atoms with Crippen LogP contribution in [0.2, 0.25) is 0 Å². The molecule has 24 heavy (non-hydrogen) atoms. The zero-order valence-corrected chi connectivity index (χ0v) is 14.1. The maximum absolute atomic E-state index is 12.5. The van der Waals surface area contributed by atoms with Crippen molar-refractivity contribution in [2.45, 2.75) is 16.2 Å². The van der Waals surface area contributed by atoms with Crippen LogP contribution in [0, 0.1) is 11.3 Å². The molecule has 2 aromatic rings. The van der Waals surface area contributed by atoms with Gasteiger partial charge >= 0.3 is 0 Å². The molecule has 0 aliphatic carbocycles. The van der Waals surface area contributed by atoms with Crippen LogP contribution in [0.5, 0.6) is 0 Å². The standard InChI is InChI=1S/C16H13N3O3S2/c17-10-11-2-1-3-12(8-11)19-24(21,22)13-4-5-15-14(9-13)18-16(20)6-7-23-15/h1-5,8-9,19H,6-7H2,(H,18,20). The van der Waals surface area contributed by atoms with E-state index in [-0.39, 0.29) is 10.8 Å². The highest BCUT2D eigenvalue weighted by atomic mass is 32.2. The van der Waals surface area contributed by atoms with Gasteiger partial charge in [-0.1, -0.05) is 6.07 Å². The largest absolute Gasteiger partial charge is 0.325 e. The average molecular weight is 359 g/mol. The highest BCUT2D eigenvalue weighted by Crippen LogP contribution is 2.33. The van der Waals surface area contributed by atoms with Gasteiger partial charge in [0.1, 0.15) is 0 Å². The summed E-state index contributed by atoms with van der Waals surface area (Å²) in [5.74, 6) is 0.523. The lowest BCUT2D eigenvalue weighted by Crippen LogP contribution is -2.14. The molecule has 122 valence electrons. The number of fused-ring (bicyclic) bond motifs is 1. The Balaban J connectivity index is 1.92. The number of nitriles is 1. The van der Waals surface area contributed by atoms with E-state index < -0.39 is 10.0 Å². The molecule has 0 fully saturated rings. The molecule has 1 aliphatic rings. The van der Waals surface area contributed by atoms with Gasteiger partial charge in [-0.25, -0.2) is 8.42 Å². The summed E-state index contributed by atoms with van der Waals surface area (Å²) in [5.41, 5.74) is 1.17. The summed E-state index contributed by atoms with van der Waals surface area (Å²) in [6.07, 6.45) is 0.390. The summed E-state index contributed by atoms with van der Waals surface area (Å²) in [6.45, 7) is 0. The fraction of sp³-hybridized carbons (Fsp3) is 0.125. The molecule has 0 aromatic heterocycles. The van der Waals surface area contributed by atoms with Gasteiger partial charge in [-0.15, -0.1) is 11.8 Å². The number of hydrogen-bond acceptors (Lipinski definition) is 5. The Morgan fingerprint density at radius 3 is 2.83 bits per heavy atom. The van der Waals surface area contributed by atoms with Gasteiger partial charge in [-0.3, -0.25) is 9.52 Å². The molecule has 8 heteroatoms. The molecule has 0 bridgehead atoms. The summed E-state index contributed by atoms with van der Waals surface area (Å²) < 4.78 is 27.5. The fourth-order valence-electron chi connectivity index (χ4n) is 2.23. The van der Waals surface area contributed by atoms with Crippen molar-refractivity contribution in [3.05, 3.63) is 48.0 Å². The minimum absolute atomic E-state index is 0.0476. The van der Waals surface area contributed by atoms with E-state index in [4.69, 9.17) is 5.26 Å². The Bertz CT molecular complexity index is 949. The first-order valence-corrected chi connectivity index (χ1v) is 9.54. The highest BCUT2D eigenvalue weighted by molar-refractivity contribution is 7.99. The molecule has 0 unspecified atom stereocenters. The Morgan fingerprint density at radius 1 is 1.21 bits per heavy atom. The van der Waals surface area contributed by atoms with Crippen LogP contribution >= 0.6 is 11.8 Å². The number of anilines is 2. The molecule has 1 aliphatic heterocycles. The molecule has 6 nitrogen and oxygen atoms in total. The van der Waals surface area contributed by atoms with Crippen LogP contribution in [0.25, 0.3) is 0 Å². The van der Waals surface area contributed by atoms with E-state index in [1.807, 2.05) is 6.07 Å². The SMILES string of the molecule is N#Cc1cccc(NS(=O)(=O)c2ccc3c(c2)NC(=O)CCS3)c1. The van der Waals surface area contributed by atoms with Crippen LogP contribution in [0.15, 0.2) is 52.3 Å². The number of hydrogen-bond donors (Lipinski definition) is 2. The maximum Gasteiger partial charge on any atom is 0.261 e. The van der Waals surface area contributed by atoms with E-state index >= 15 is 0 Å². The van der Waals surface area contributed by atoms with Gasteiger partial charge in [0, 0.05) is 17.1 Å². The van der Waals surface area contributed by atoms with Gasteiger partial charge in [-0.2, -0.15) is 5.26 Å². The van der Waals surface area contributed by atoms with E-state index in [0.29, 0.717) is 29.1 Å². The quantitative estimate of drug-likeness (QED) is 0.878. The molecule has 0 spiro atoms. The van der Waals surface area contributed by atoms with Crippen molar-refractivity contribution < 1.29 is 13.2 Å². The van der Waals surface area contributed by atoms with Crippen molar-refractivity contribution in [2.24, 2.45) is 0 Å². The fourth-order valence-corrected chi connectivity index (χ4v) is 4.24. The first-order chi connectivity index (χ1) is 11.5. The third kappa shape index (κ3) is 3.53. The number of thioether (sulfide) groups is 1. The zero-order valence-electron chi connectivity index (χ0n) is 12.4. The Morgan fingerprint density at radius 2 is 2.04 bits per heavy atom. The number of carbonyl (C=O) groups is 1. The maximum atomic E-state index is 12.5. The van der Waals surface area contributed by atoms with E-state index in [9.17, 15) is 13.2 Å². The molecule has 0 saturated carbocycles. The molecule has 1 heterocycles. The van der Waals surface area contributed by atoms with E-state index in [2.05, 4.69) is 10.0 Å². The molecule has 1 amide bonds. The molecule has 0 radical (unpaired) electrons. The normalized spacial score (nSPS) is 14.0. The van der Waals surface area contributed by atoms with E-state index in [1.54, 1.807) is 24.3 Å². The van der Waals surface area contributed by atoms with Gasteiger partial charge in [0.05, 0.1) is 27.9 Å². The lowest BCUT2D eigenvalue weighted by atomic mass is 10.2. The smallest absolute Gasteiger partial charge is 0.261 e. The van der Waals surface area contributed by atoms with E-state index in [0.717, 1.165) is 4.90 Å². The van der Waals surface area contributed by atoms with Gasteiger partial charge in [0.25, 0.3) is 10.0 Å².